The third-order valence-corrected chi connectivity index (χ3v) is 2.17. The molecule has 1 aromatic rings. The minimum atomic E-state index is -1.02. The summed E-state index contributed by atoms with van der Waals surface area (Å²) in [6.45, 7) is 3.46. The van der Waals surface area contributed by atoms with Crippen LogP contribution in [0.2, 0.25) is 5.02 Å². The van der Waals surface area contributed by atoms with Crippen LogP contribution in [0.25, 0.3) is 0 Å². The summed E-state index contributed by atoms with van der Waals surface area (Å²) in [5.41, 5.74) is 1.45. The van der Waals surface area contributed by atoms with E-state index in [4.69, 9.17) is 16.7 Å². The van der Waals surface area contributed by atoms with E-state index in [9.17, 15) is 4.79 Å². The van der Waals surface area contributed by atoms with Gasteiger partial charge in [-0.15, -0.1) is 0 Å². The Morgan fingerprint density at radius 1 is 1.50 bits per heavy atom. The number of rotatable bonds is 1. The average molecular weight is 186 g/mol. The number of nitrogens with zero attached hydrogens (tertiary/aromatic N) is 1. The normalized spacial score (nSPS) is 9.92. The quantitative estimate of drug-likeness (QED) is 0.729. The van der Waals surface area contributed by atoms with E-state index in [0.717, 1.165) is 5.56 Å². The van der Waals surface area contributed by atoms with Crippen LogP contribution in [0.5, 0.6) is 0 Å². The van der Waals surface area contributed by atoms with Gasteiger partial charge in [-0.25, -0.2) is 9.78 Å². The highest BCUT2D eigenvalue weighted by molar-refractivity contribution is 6.31. The van der Waals surface area contributed by atoms with Crippen molar-refractivity contribution < 1.29 is 9.90 Å². The maximum absolute atomic E-state index is 10.6. The van der Waals surface area contributed by atoms with Crippen molar-refractivity contribution in [3.8, 4) is 0 Å². The van der Waals surface area contributed by atoms with Gasteiger partial charge in [0.2, 0.25) is 0 Å². The molecular weight excluding hydrogens is 178 g/mol. The number of carboxylic acid groups (broad SMARTS) is 1. The predicted molar refractivity (Wildman–Crippen MR) is 45.7 cm³/mol. The van der Waals surface area contributed by atoms with Crippen LogP contribution in [0.1, 0.15) is 21.6 Å². The van der Waals surface area contributed by atoms with Crippen LogP contribution in [-0.2, 0) is 0 Å². The zero-order chi connectivity index (χ0) is 9.30. The van der Waals surface area contributed by atoms with Gasteiger partial charge in [-0.1, -0.05) is 11.6 Å². The molecule has 0 aliphatic carbocycles. The van der Waals surface area contributed by atoms with Crippen molar-refractivity contribution in [3.63, 3.8) is 0 Å². The predicted octanol–water partition coefficient (Wildman–Crippen LogP) is 2.05. The van der Waals surface area contributed by atoms with E-state index >= 15 is 0 Å². The number of carbonyl (C=O) groups is 1. The van der Waals surface area contributed by atoms with Gasteiger partial charge >= 0.3 is 5.97 Å². The van der Waals surface area contributed by atoms with Gasteiger partial charge in [0.1, 0.15) is 0 Å². The van der Waals surface area contributed by atoms with E-state index in [-0.39, 0.29) is 5.69 Å². The maximum Gasteiger partial charge on any atom is 0.354 e. The topological polar surface area (TPSA) is 50.2 Å². The molecule has 1 heterocycles. The fourth-order valence-corrected chi connectivity index (χ4v) is 1.08. The summed E-state index contributed by atoms with van der Waals surface area (Å²) in [5.74, 6) is -1.02. The van der Waals surface area contributed by atoms with E-state index in [2.05, 4.69) is 4.98 Å². The summed E-state index contributed by atoms with van der Waals surface area (Å²) in [5, 5.41) is 9.17. The van der Waals surface area contributed by atoms with Crippen molar-refractivity contribution in [3.05, 3.63) is 28.0 Å². The molecule has 4 heteroatoms. The van der Waals surface area contributed by atoms with Gasteiger partial charge in [0, 0.05) is 6.20 Å². The molecular formula is C8H8ClNO2. The summed E-state index contributed by atoms with van der Waals surface area (Å²) < 4.78 is 0. The van der Waals surface area contributed by atoms with E-state index < -0.39 is 5.97 Å². The summed E-state index contributed by atoms with van der Waals surface area (Å²) in [6.07, 6.45) is 1.35. The zero-order valence-electron chi connectivity index (χ0n) is 6.76. The van der Waals surface area contributed by atoms with E-state index in [1.165, 1.54) is 6.20 Å². The summed E-state index contributed by atoms with van der Waals surface area (Å²) in [4.78, 5) is 14.3. The standard InChI is InChI=1S/C8H8ClNO2/c1-4-5(2)7(8(11)12)10-3-6(4)9/h3H,1-2H3,(H,11,12). The molecule has 1 N–H and O–H groups in total. The number of halogens is 1. The van der Waals surface area contributed by atoms with Gasteiger partial charge in [-0.2, -0.15) is 0 Å². The molecule has 0 unspecified atom stereocenters. The highest BCUT2D eigenvalue weighted by Gasteiger charge is 2.11. The SMILES string of the molecule is Cc1c(Cl)cnc(C(=O)O)c1C. The van der Waals surface area contributed by atoms with Crippen LogP contribution >= 0.6 is 11.6 Å². The number of carboxylic acids is 1. The Hall–Kier alpha value is -1.09. The monoisotopic (exact) mass is 185 g/mol. The van der Waals surface area contributed by atoms with Gasteiger partial charge in [0.05, 0.1) is 5.02 Å². The highest BCUT2D eigenvalue weighted by Crippen LogP contribution is 2.19. The lowest BCUT2D eigenvalue weighted by Gasteiger charge is -2.04. The Morgan fingerprint density at radius 2 is 2.08 bits per heavy atom. The summed E-state index contributed by atoms with van der Waals surface area (Å²) in [6, 6.07) is 0. The largest absolute Gasteiger partial charge is 0.477 e. The Labute approximate surface area is 75.0 Å². The molecule has 3 nitrogen and oxygen atoms in total. The molecule has 0 radical (unpaired) electrons. The maximum atomic E-state index is 10.6. The first-order chi connectivity index (χ1) is 5.54. The van der Waals surface area contributed by atoms with Crippen molar-refractivity contribution in [1.29, 1.82) is 0 Å². The van der Waals surface area contributed by atoms with E-state index in [0.29, 0.717) is 10.6 Å². The first kappa shape index (κ1) is 9.00. The second kappa shape index (κ2) is 3.11. The molecule has 1 rings (SSSR count). The lowest BCUT2D eigenvalue weighted by Crippen LogP contribution is -2.04. The Morgan fingerprint density at radius 3 is 2.58 bits per heavy atom. The van der Waals surface area contributed by atoms with Gasteiger partial charge < -0.3 is 5.11 Å². The molecule has 1 aromatic heterocycles. The Balaban J connectivity index is 3.36. The molecule has 64 valence electrons. The lowest BCUT2D eigenvalue weighted by atomic mass is 10.1. The third kappa shape index (κ3) is 1.41. The minimum absolute atomic E-state index is 0.0666. The van der Waals surface area contributed by atoms with Gasteiger partial charge in [-0.05, 0) is 25.0 Å². The number of hydrogen-bond donors (Lipinski definition) is 1. The second-order valence-corrected chi connectivity index (χ2v) is 2.92. The molecule has 0 bridgehead atoms. The Bertz CT molecular complexity index is 336. The smallest absolute Gasteiger partial charge is 0.354 e. The van der Waals surface area contributed by atoms with Crippen molar-refractivity contribution in [2.75, 3.05) is 0 Å². The fraction of sp³-hybridized carbons (Fsp3) is 0.250. The van der Waals surface area contributed by atoms with Crippen LogP contribution in [0.3, 0.4) is 0 Å². The first-order valence-electron chi connectivity index (χ1n) is 3.39. The fourth-order valence-electron chi connectivity index (χ4n) is 0.887. The van der Waals surface area contributed by atoms with Crippen LogP contribution in [0.4, 0.5) is 0 Å². The molecule has 0 aromatic carbocycles. The van der Waals surface area contributed by atoms with Crippen LogP contribution in [0, 0.1) is 13.8 Å². The molecule has 0 spiro atoms. The number of aromatic nitrogens is 1. The average Bonchev–Trinajstić information content (AvgIpc) is 2.00. The molecule has 0 atom stereocenters. The van der Waals surface area contributed by atoms with E-state index in [1.807, 2.05) is 0 Å². The molecule has 0 fully saturated rings. The zero-order valence-corrected chi connectivity index (χ0v) is 7.51. The summed E-state index contributed by atoms with van der Waals surface area (Å²) in [7, 11) is 0. The second-order valence-electron chi connectivity index (χ2n) is 2.51. The van der Waals surface area contributed by atoms with Crippen LogP contribution in [-0.4, -0.2) is 16.1 Å². The van der Waals surface area contributed by atoms with Crippen molar-refractivity contribution >= 4 is 17.6 Å². The lowest BCUT2D eigenvalue weighted by molar-refractivity contribution is 0.0689. The van der Waals surface area contributed by atoms with Gasteiger partial charge in [-0.3, -0.25) is 0 Å². The number of aromatic carboxylic acids is 1. The van der Waals surface area contributed by atoms with Gasteiger partial charge in [0.15, 0.2) is 5.69 Å². The van der Waals surface area contributed by atoms with Crippen molar-refractivity contribution in [1.82, 2.24) is 4.98 Å². The van der Waals surface area contributed by atoms with Crippen molar-refractivity contribution in [2.45, 2.75) is 13.8 Å². The van der Waals surface area contributed by atoms with Crippen LogP contribution in [0.15, 0.2) is 6.20 Å². The first-order valence-corrected chi connectivity index (χ1v) is 3.77. The molecule has 0 saturated carbocycles. The molecule has 0 saturated heterocycles. The van der Waals surface area contributed by atoms with Crippen LogP contribution < -0.4 is 0 Å². The number of pyridine rings is 1. The van der Waals surface area contributed by atoms with Crippen molar-refractivity contribution in [2.24, 2.45) is 0 Å². The minimum Gasteiger partial charge on any atom is -0.477 e. The summed E-state index contributed by atoms with van der Waals surface area (Å²) >= 11 is 5.74. The van der Waals surface area contributed by atoms with Gasteiger partial charge in [0.25, 0.3) is 0 Å². The highest BCUT2D eigenvalue weighted by atomic mass is 35.5. The molecule has 0 aliphatic heterocycles. The Kier molecular flexibility index (Phi) is 2.33. The molecule has 0 aliphatic rings. The third-order valence-electron chi connectivity index (χ3n) is 1.79. The molecule has 0 amide bonds. The number of hydrogen-bond acceptors (Lipinski definition) is 2. The van der Waals surface area contributed by atoms with E-state index in [1.54, 1.807) is 13.8 Å². The molecule has 12 heavy (non-hydrogen) atoms.